The Morgan fingerprint density at radius 1 is 0.921 bits per heavy atom. The monoisotopic (exact) mass is 517 g/mol. The van der Waals surface area contributed by atoms with Gasteiger partial charge >= 0.3 is 12.1 Å². The third-order valence-corrected chi connectivity index (χ3v) is 6.50. The highest BCUT2D eigenvalue weighted by Gasteiger charge is 2.30. The molecule has 0 saturated heterocycles. The molecular weight excluding hydrogens is 486 g/mol. The van der Waals surface area contributed by atoms with E-state index in [9.17, 15) is 19.5 Å². The van der Waals surface area contributed by atoms with E-state index in [1.165, 1.54) is 0 Å². The number of nitrogens with zero attached hydrogens (tertiary/aromatic N) is 1. The first-order chi connectivity index (χ1) is 18.3. The Hall–Kier alpha value is -4.21. The van der Waals surface area contributed by atoms with E-state index in [1.807, 2.05) is 83.8 Å². The molecule has 2 unspecified atom stereocenters. The van der Waals surface area contributed by atoms with Gasteiger partial charge in [0.05, 0.1) is 6.54 Å². The molecule has 1 aliphatic rings. The van der Waals surface area contributed by atoms with Gasteiger partial charge in [0.2, 0.25) is 5.91 Å². The lowest BCUT2D eigenvalue weighted by atomic mass is 9.98. The van der Waals surface area contributed by atoms with Gasteiger partial charge in [-0.1, -0.05) is 78.9 Å². The molecule has 0 spiro atoms. The van der Waals surface area contributed by atoms with Crippen molar-refractivity contribution in [3.63, 3.8) is 0 Å². The van der Waals surface area contributed by atoms with Gasteiger partial charge in [-0.15, -0.1) is 0 Å². The van der Waals surface area contributed by atoms with Gasteiger partial charge in [-0.3, -0.25) is 9.69 Å². The highest BCUT2D eigenvalue weighted by Crippen LogP contribution is 2.44. The van der Waals surface area contributed by atoms with Crippen molar-refractivity contribution in [2.45, 2.75) is 24.6 Å². The lowest BCUT2D eigenvalue weighted by Crippen LogP contribution is -2.53. The smallest absolute Gasteiger partial charge is 0.407 e. The number of fused-ring (bicyclic) bond motifs is 3. The number of nitrogens with one attached hydrogen (secondary N) is 2. The van der Waals surface area contributed by atoms with Gasteiger partial charge in [-0.2, -0.15) is 0 Å². The largest absolute Gasteiger partial charge is 0.479 e. The third-order valence-electron chi connectivity index (χ3n) is 6.50. The molecule has 2 amide bonds. The van der Waals surface area contributed by atoms with Crippen molar-refractivity contribution >= 4 is 18.0 Å². The number of carbonyl (C=O) groups is 3. The fraction of sp³-hybridized carbons (Fsp3) is 0.276. The van der Waals surface area contributed by atoms with Gasteiger partial charge in [0.25, 0.3) is 0 Å². The Bertz CT molecular complexity index is 1240. The van der Waals surface area contributed by atoms with Crippen molar-refractivity contribution in [3.8, 4) is 11.1 Å². The second-order valence-electron chi connectivity index (χ2n) is 9.30. The number of alkyl carbamates (subject to hydrolysis) is 1. The molecule has 0 fully saturated rings. The minimum atomic E-state index is -1.75. The van der Waals surface area contributed by atoms with Crippen LogP contribution in [-0.2, 0) is 20.9 Å². The molecule has 9 nitrogen and oxygen atoms in total. The molecule has 9 heteroatoms. The van der Waals surface area contributed by atoms with Crippen molar-refractivity contribution in [1.82, 2.24) is 15.5 Å². The number of rotatable bonds is 11. The SMILES string of the molecule is CN(Cc1ccccc1)CC(NC(=O)OCC1c2ccccc2-c2ccccc21)C(=O)NCC(O)C(=O)O. The van der Waals surface area contributed by atoms with E-state index in [1.54, 1.807) is 7.05 Å². The first-order valence-electron chi connectivity index (χ1n) is 12.4. The molecule has 0 bridgehead atoms. The normalized spacial score (nSPS) is 13.8. The van der Waals surface area contributed by atoms with Gasteiger partial charge in [0, 0.05) is 19.0 Å². The van der Waals surface area contributed by atoms with Crippen LogP contribution >= 0.6 is 0 Å². The summed E-state index contributed by atoms with van der Waals surface area (Å²) < 4.78 is 5.59. The predicted molar refractivity (Wildman–Crippen MR) is 141 cm³/mol. The van der Waals surface area contributed by atoms with Crippen molar-refractivity contribution in [1.29, 1.82) is 0 Å². The minimum Gasteiger partial charge on any atom is -0.479 e. The second-order valence-corrected chi connectivity index (χ2v) is 9.30. The molecular formula is C29H31N3O6. The quantitative estimate of drug-likeness (QED) is 0.308. The fourth-order valence-corrected chi connectivity index (χ4v) is 4.66. The summed E-state index contributed by atoms with van der Waals surface area (Å²) in [6.45, 7) is 0.258. The van der Waals surface area contributed by atoms with E-state index in [0.717, 1.165) is 27.8 Å². The first kappa shape index (κ1) is 26.8. The molecule has 3 aromatic carbocycles. The summed E-state index contributed by atoms with van der Waals surface area (Å²) in [5, 5.41) is 23.5. The number of aliphatic hydroxyl groups is 1. The van der Waals surface area contributed by atoms with Crippen LogP contribution in [0.5, 0.6) is 0 Å². The first-order valence-corrected chi connectivity index (χ1v) is 12.4. The summed E-state index contributed by atoms with van der Waals surface area (Å²) >= 11 is 0. The third kappa shape index (κ3) is 6.56. The van der Waals surface area contributed by atoms with E-state index in [4.69, 9.17) is 9.84 Å². The molecule has 0 saturated carbocycles. The number of amides is 2. The van der Waals surface area contributed by atoms with E-state index in [-0.39, 0.29) is 19.1 Å². The zero-order valence-corrected chi connectivity index (χ0v) is 21.0. The molecule has 0 aliphatic heterocycles. The van der Waals surface area contributed by atoms with Gasteiger partial charge in [-0.05, 0) is 34.9 Å². The Labute approximate surface area is 221 Å². The maximum atomic E-state index is 12.9. The molecule has 4 rings (SSSR count). The Balaban J connectivity index is 1.41. The number of aliphatic carboxylic acids is 1. The number of likely N-dealkylation sites (N-methyl/N-ethyl adjacent to an activating group) is 1. The van der Waals surface area contributed by atoms with Crippen LogP contribution in [0, 0.1) is 0 Å². The number of carboxylic acid groups (broad SMARTS) is 1. The summed E-state index contributed by atoms with van der Waals surface area (Å²) in [4.78, 5) is 38.5. The molecule has 2 atom stereocenters. The maximum absolute atomic E-state index is 12.9. The van der Waals surface area contributed by atoms with Crippen LogP contribution in [0.2, 0.25) is 0 Å². The minimum absolute atomic E-state index is 0.0891. The van der Waals surface area contributed by atoms with Crippen LogP contribution in [0.15, 0.2) is 78.9 Å². The van der Waals surface area contributed by atoms with Crippen LogP contribution in [0.4, 0.5) is 4.79 Å². The second kappa shape index (κ2) is 12.4. The molecule has 1 aliphatic carbocycles. The highest BCUT2D eigenvalue weighted by molar-refractivity contribution is 5.86. The summed E-state index contributed by atoms with van der Waals surface area (Å²) in [5.74, 6) is -2.21. The Morgan fingerprint density at radius 3 is 2.11 bits per heavy atom. The molecule has 0 radical (unpaired) electrons. The average molecular weight is 518 g/mol. The zero-order chi connectivity index (χ0) is 27.1. The maximum Gasteiger partial charge on any atom is 0.407 e. The molecule has 4 N–H and O–H groups in total. The van der Waals surface area contributed by atoms with E-state index in [2.05, 4.69) is 10.6 Å². The Morgan fingerprint density at radius 2 is 1.50 bits per heavy atom. The van der Waals surface area contributed by atoms with Crippen LogP contribution in [-0.4, -0.2) is 72.0 Å². The summed E-state index contributed by atoms with van der Waals surface area (Å²) in [5.41, 5.74) is 5.38. The number of benzene rings is 3. The number of carboxylic acids is 1. The number of aliphatic hydroxyl groups excluding tert-OH is 1. The number of carbonyl (C=O) groups excluding carboxylic acids is 2. The van der Waals surface area contributed by atoms with Gasteiger partial charge in [0.15, 0.2) is 6.10 Å². The van der Waals surface area contributed by atoms with Crippen LogP contribution in [0.25, 0.3) is 11.1 Å². The van der Waals surface area contributed by atoms with Crippen molar-refractivity contribution in [2.75, 3.05) is 26.7 Å². The standard InChI is InChI=1S/C29H31N3O6/c1-32(16-19-9-3-2-4-10-19)17-25(27(34)30-15-26(33)28(35)36)31-29(37)38-18-24-22-13-7-5-11-20(22)21-12-6-8-14-23(21)24/h2-14,24-26,33H,15-18H2,1H3,(H,30,34)(H,31,37)(H,35,36). The molecule has 3 aromatic rings. The van der Waals surface area contributed by atoms with Crippen molar-refractivity contribution in [2.24, 2.45) is 0 Å². The fourth-order valence-electron chi connectivity index (χ4n) is 4.66. The molecule has 38 heavy (non-hydrogen) atoms. The molecule has 198 valence electrons. The van der Waals surface area contributed by atoms with Gasteiger partial charge in [-0.25, -0.2) is 9.59 Å². The van der Waals surface area contributed by atoms with E-state index in [0.29, 0.717) is 6.54 Å². The Kier molecular flexibility index (Phi) is 8.73. The lowest BCUT2D eigenvalue weighted by molar-refractivity contribution is -0.146. The summed E-state index contributed by atoms with van der Waals surface area (Å²) in [7, 11) is 1.80. The number of hydrogen-bond donors (Lipinski definition) is 4. The summed E-state index contributed by atoms with van der Waals surface area (Å²) in [6.07, 6.45) is -2.52. The van der Waals surface area contributed by atoms with E-state index >= 15 is 0 Å². The molecule has 0 aromatic heterocycles. The lowest BCUT2D eigenvalue weighted by Gasteiger charge is -2.25. The van der Waals surface area contributed by atoms with Gasteiger partial charge < -0.3 is 25.6 Å². The predicted octanol–water partition coefficient (Wildman–Crippen LogP) is 2.59. The van der Waals surface area contributed by atoms with Crippen LogP contribution in [0.1, 0.15) is 22.6 Å². The van der Waals surface area contributed by atoms with Crippen molar-refractivity contribution < 1.29 is 29.3 Å². The van der Waals surface area contributed by atoms with Crippen molar-refractivity contribution in [3.05, 3.63) is 95.6 Å². The average Bonchev–Trinajstić information content (AvgIpc) is 3.24. The molecule has 0 heterocycles. The highest BCUT2D eigenvalue weighted by atomic mass is 16.5. The zero-order valence-electron chi connectivity index (χ0n) is 21.0. The van der Waals surface area contributed by atoms with Gasteiger partial charge in [0.1, 0.15) is 12.6 Å². The topological polar surface area (TPSA) is 128 Å². The number of ether oxygens (including phenoxy) is 1. The van der Waals surface area contributed by atoms with Crippen LogP contribution in [0.3, 0.4) is 0 Å². The van der Waals surface area contributed by atoms with Crippen LogP contribution < -0.4 is 10.6 Å². The number of hydrogen-bond acceptors (Lipinski definition) is 6. The van der Waals surface area contributed by atoms with E-state index < -0.39 is 36.7 Å². The summed E-state index contributed by atoms with van der Waals surface area (Å²) in [6, 6.07) is 24.6.